The molecule has 3 nitrogen and oxygen atoms in total. The smallest absolute Gasteiger partial charge is 0.449 e. The molecule has 0 radical (unpaired) electrons. The van der Waals surface area contributed by atoms with Crippen molar-refractivity contribution in [1.29, 1.82) is 0 Å². The molecule has 0 aliphatic heterocycles. The van der Waals surface area contributed by atoms with E-state index in [0.29, 0.717) is 0 Å². The SMILES string of the molecule is C[C@H](C[B-](F)(F)F)NC(=O)OC(C)(C)C. The standard InChI is InChI=1S/C8H16BF3NO2/c1-6(5-9(10,11)12)13-7(14)15-8(2,3)4/h6H,5H2,1-4H3,(H,13,14)/q-1/t6-/m1/s1. The van der Waals surface area contributed by atoms with Crippen LogP contribution >= 0.6 is 0 Å². The molecule has 0 aromatic carbocycles. The van der Waals surface area contributed by atoms with Crippen LogP contribution in [0.15, 0.2) is 0 Å². The summed E-state index contributed by atoms with van der Waals surface area (Å²) in [4.78, 5) is 11.1. The summed E-state index contributed by atoms with van der Waals surface area (Å²) in [6, 6.07) is -0.958. The summed E-state index contributed by atoms with van der Waals surface area (Å²) < 4.78 is 40.7. The third-order valence-electron chi connectivity index (χ3n) is 1.38. The molecule has 15 heavy (non-hydrogen) atoms. The summed E-state index contributed by atoms with van der Waals surface area (Å²) in [5, 5.41) is 2.13. The fourth-order valence-corrected chi connectivity index (χ4v) is 0.969. The van der Waals surface area contributed by atoms with E-state index >= 15 is 0 Å². The maximum Gasteiger partial charge on any atom is 0.480 e. The molecule has 0 aromatic heterocycles. The van der Waals surface area contributed by atoms with E-state index in [4.69, 9.17) is 4.74 Å². The summed E-state index contributed by atoms with van der Waals surface area (Å²) in [6.45, 7) is 1.34. The molecule has 0 fully saturated rings. The van der Waals surface area contributed by atoms with Crippen LogP contribution in [0.2, 0.25) is 6.32 Å². The molecular weight excluding hydrogens is 210 g/mol. The number of alkyl carbamates (subject to hydrolysis) is 1. The van der Waals surface area contributed by atoms with Gasteiger partial charge in [0.1, 0.15) is 5.60 Å². The zero-order valence-electron chi connectivity index (χ0n) is 9.31. The summed E-state index contributed by atoms with van der Waals surface area (Å²) >= 11 is 0. The first-order valence-electron chi connectivity index (χ1n) is 4.70. The second-order valence-electron chi connectivity index (χ2n) is 4.49. The zero-order chi connectivity index (χ0) is 12.3. The molecular formula is C8H16BF3NO2-. The average Bonchev–Trinajstić information content (AvgIpc) is 1.73. The number of rotatable bonds is 3. The lowest BCUT2D eigenvalue weighted by Crippen LogP contribution is -2.40. The van der Waals surface area contributed by atoms with E-state index in [2.05, 4.69) is 5.32 Å². The number of halogens is 3. The molecule has 0 saturated carbocycles. The summed E-state index contributed by atoms with van der Waals surface area (Å²) in [7, 11) is 0. The minimum atomic E-state index is -4.88. The van der Waals surface area contributed by atoms with Crippen molar-refractivity contribution >= 4 is 13.1 Å². The number of carbonyl (C=O) groups excluding carboxylic acids is 1. The Kier molecular flexibility index (Phi) is 4.49. The van der Waals surface area contributed by atoms with Crippen LogP contribution in [0.25, 0.3) is 0 Å². The van der Waals surface area contributed by atoms with Crippen molar-refractivity contribution in [2.45, 2.75) is 45.7 Å². The molecule has 1 atom stereocenters. The fraction of sp³-hybridized carbons (Fsp3) is 0.875. The molecule has 0 bridgehead atoms. The van der Waals surface area contributed by atoms with E-state index in [1.54, 1.807) is 20.8 Å². The van der Waals surface area contributed by atoms with Crippen molar-refractivity contribution in [2.24, 2.45) is 0 Å². The highest BCUT2D eigenvalue weighted by molar-refractivity contribution is 6.58. The van der Waals surface area contributed by atoms with Gasteiger partial charge in [0, 0.05) is 6.04 Å². The molecule has 0 aliphatic carbocycles. The number of hydrogen-bond acceptors (Lipinski definition) is 2. The van der Waals surface area contributed by atoms with Crippen LogP contribution in [0.4, 0.5) is 17.7 Å². The summed E-state index contributed by atoms with van der Waals surface area (Å²) in [5.41, 5.74) is -0.701. The van der Waals surface area contributed by atoms with Crippen molar-refractivity contribution in [1.82, 2.24) is 5.32 Å². The van der Waals surface area contributed by atoms with E-state index < -0.39 is 31.0 Å². The van der Waals surface area contributed by atoms with Gasteiger partial charge in [-0.05, 0) is 27.7 Å². The van der Waals surface area contributed by atoms with E-state index in [9.17, 15) is 17.7 Å². The predicted octanol–water partition coefficient (Wildman–Crippen LogP) is 2.75. The molecule has 0 unspecified atom stereocenters. The van der Waals surface area contributed by atoms with Crippen LogP contribution in [0.1, 0.15) is 27.7 Å². The summed E-state index contributed by atoms with van der Waals surface area (Å²) in [6.07, 6.45) is -1.82. The highest BCUT2D eigenvalue weighted by Crippen LogP contribution is 2.17. The number of nitrogens with one attached hydrogen (secondary N) is 1. The second-order valence-corrected chi connectivity index (χ2v) is 4.49. The molecule has 7 heteroatoms. The van der Waals surface area contributed by atoms with Gasteiger partial charge in [0.05, 0.1) is 0 Å². The van der Waals surface area contributed by atoms with Crippen LogP contribution in [0, 0.1) is 0 Å². The highest BCUT2D eigenvalue weighted by Gasteiger charge is 2.27. The Morgan fingerprint density at radius 2 is 1.87 bits per heavy atom. The topological polar surface area (TPSA) is 38.3 Å². The minimum absolute atomic E-state index is 0.701. The molecule has 0 aromatic rings. The van der Waals surface area contributed by atoms with Crippen LogP contribution in [0.5, 0.6) is 0 Å². The third kappa shape index (κ3) is 9.43. The first-order chi connectivity index (χ1) is 6.49. The Bertz CT molecular complexity index is 225. The van der Waals surface area contributed by atoms with E-state index in [0.717, 1.165) is 0 Å². The van der Waals surface area contributed by atoms with Gasteiger partial charge in [-0.1, -0.05) is 6.32 Å². The van der Waals surface area contributed by atoms with Crippen LogP contribution in [-0.2, 0) is 4.74 Å². The van der Waals surface area contributed by atoms with Gasteiger partial charge in [0.25, 0.3) is 0 Å². The zero-order valence-corrected chi connectivity index (χ0v) is 9.31. The van der Waals surface area contributed by atoms with E-state index in [1.165, 1.54) is 6.92 Å². The Morgan fingerprint density at radius 1 is 1.40 bits per heavy atom. The highest BCUT2D eigenvalue weighted by atomic mass is 19.4. The van der Waals surface area contributed by atoms with Gasteiger partial charge in [-0.2, -0.15) is 0 Å². The van der Waals surface area contributed by atoms with Gasteiger partial charge in [0.2, 0.25) is 0 Å². The van der Waals surface area contributed by atoms with Crippen molar-refractivity contribution < 1.29 is 22.5 Å². The molecule has 1 N–H and O–H groups in total. The summed E-state index contributed by atoms with van der Waals surface area (Å²) in [5.74, 6) is 0. The maximum absolute atomic E-state index is 12.0. The molecule has 0 rings (SSSR count). The largest absolute Gasteiger partial charge is 0.480 e. The van der Waals surface area contributed by atoms with Gasteiger partial charge in [-0.15, -0.1) is 0 Å². The van der Waals surface area contributed by atoms with E-state index in [1.807, 2.05) is 0 Å². The van der Waals surface area contributed by atoms with Crippen LogP contribution in [0.3, 0.4) is 0 Å². The Balaban J connectivity index is 3.98. The quantitative estimate of drug-likeness (QED) is 0.751. The van der Waals surface area contributed by atoms with Crippen molar-refractivity contribution in [3.8, 4) is 0 Å². The monoisotopic (exact) mass is 226 g/mol. The van der Waals surface area contributed by atoms with Gasteiger partial charge >= 0.3 is 13.1 Å². The van der Waals surface area contributed by atoms with Crippen LogP contribution in [-0.4, -0.2) is 24.7 Å². The molecule has 0 heterocycles. The first-order valence-corrected chi connectivity index (χ1v) is 4.70. The lowest BCUT2D eigenvalue weighted by Gasteiger charge is -2.24. The fourth-order valence-electron chi connectivity index (χ4n) is 0.969. The molecule has 0 saturated heterocycles. The molecule has 90 valence electrons. The average molecular weight is 226 g/mol. The van der Waals surface area contributed by atoms with Gasteiger partial charge in [0.15, 0.2) is 0 Å². The lowest BCUT2D eigenvalue weighted by atomic mass is 9.82. The van der Waals surface area contributed by atoms with E-state index in [-0.39, 0.29) is 0 Å². The van der Waals surface area contributed by atoms with Gasteiger partial charge < -0.3 is 23.0 Å². The second kappa shape index (κ2) is 4.76. The third-order valence-corrected chi connectivity index (χ3v) is 1.38. The Hall–Kier alpha value is -0.875. The van der Waals surface area contributed by atoms with Crippen LogP contribution < -0.4 is 5.32 Å². The minimum Gasteiger partial charge on any atom is -0.449 e. The first kappa shape index (κ1) is 14.1. The van der Waals surface area contributed by atoms with Crippen molar-refractivity contribution in [2.75, 3.05) is 0 Å². The van der Waals surface area contributed by atoms with Gasteiger partial charge in [-0.3, -0.25) is 0 Å². The Labute approximate surface area is 87.4 Å². The normalized spacial score (nSPS) is 14.6. The van der Waals surface area contributed by atoms with Crippen molar-refractivity contribution in [3.63, 3.8) is 0 Å². The Morgan fingerprint density at radius 3 is 2.20 bits per heavy atom. The number of amides is 1. The number of ether oxygens (including phenoxy) is 1. The molecule has 0 aliphatic rings. The number of hydrogen-bond donors (Lipinski definition) is 1. The molecule has 1 amide bonds. The van der Waals surface area contributed by atoms with Gasteiger partial charge in [-0.25, -0.2) is 4.79 Å². The number of carbonyl (C=O) groups is 1. The molecule has 0 spiro atoms. The lowest BCUT2D eigenvalue weighted by molar-refractivity contribution is 0.0511. The maximum atomic E-state index is 12.0. The van der Waals surface area contributed by atoms with Crippen molar-refractivity contribution in [3.05, 3.63) is 0 Å². The predicted molar refractivity (Wildman–Crippen MR) is 52.7 cm³/mol.